The van der Waals surface area contributed by atoms with E-state index in [-0.39, 0.29) is 12.2 Å². The zero-order valence-corrected chi connectivity index (χ0v) is 15.0. The molecule has 1 saturated heterocycles. The molecule has 1 N–H and O–H groups in total. The van der Waals surface area contributed by atoms with Gasteiger partial charge < -0.3 is 9.80 Å². The number of likely N-dealkylation sites (N-methyl/N-ethyl adjacent to an activating group) is 1. The third-order valence-electron chi connectivity index (χ3n) is 4.10. The van der Waals surface area contributed by atoms with Crippen LogP contribution in [0.2, 0.25) is 0 Å². The summed E-state index contributed by atoms with van der Waals surface area (Å²) in [5.74, 6) is 1.49. The number of rotatable bonds is 8. The van der Waals surface area contributed by atoms with Crippen molar-refractivity contribution in [1.82, 2.24) is 15.1 Å². The fourth-order valence-electron chi connectivity index (χ4n) is 3.31. The maximum absolute atomic E-state index is 12.8. The van der Waals surface area contributed by atoms with Gasteiger partial charge >= 0.3 is 0 Å². The molecule has 124 valence electrons. The van der Waals surface area contributed by atoms with E-state index in [1.165, 1.54) is 0 Å². The van der Waals surface area contributed by atoms with Gasteiger partial charge in [-0.05, 0) is 45.2 Å². The van der Waals surface area contributed by atoms with E-state index in [2.05, 4.69) is 63.8 Å². The first-order valence-corrected chi connectivity index (χ1v) is 8.49. The van der Waals surface area contributed by atoms with Crippen molar-refractivity contribution in [3.8, 4) is 0 Å². The van der Waals surface area contributed by atoms with Crippen molar-refractivity contribution in [3.63, 3.8) is 0 Å². The number of nitrogens with zero attached hydrogens (tertiary/aromatic N) is 2. The molecule has 1 aliphatic rings. The molecule has 4 nitrogen and oxygen atoms in total. The largest absolute Gasteiger partial charge is 0.322 e. The second-order valence-corrected chi connectivity index (χ2v) is 7.56. The molecule has 0 aromatic rings. The van der Waals surface area contributed by atoms with E-state index in [1.807, 2.05) is 0 Å². The molecule has 21 heavy (non-hydrogen) atoms. The van der Waals surface area contributed by atoms with Crippen molar-refractivity contribution in [3.05, 3.63) is 0 Å². The van der Waals surface area contributed by atoms with E-state index in [0.29, 0.717) is 23.8 Å². The van der Waals surface area contributed by atoms with Crippen molar-refractivity contribution in [2.45, 2.75) is 72.1 Å². The highest BCUT2D eigenvalue weighted by atomic mass is 16.2. The van der Waals surface area contributed by atoms with E-state index in [4.69, 9.17) is 0 Å². The number of hydrogen-bond donors (Lipinski definition) is 1. The molecule has 0 saturated carbocycles. The lowest BCUT2D eigenvalue weighted by molar-refractivity contribution is -0.133. The Morgan fingerprint density at radius 2 is 1.81 bits per heavy atom. The second kappa shape index (κ2) is 8.14. The molecule has 1 rings (SSSR count). The van der Waals surface area contributed by atoms with Gasteiger partial charge in [0.05, 0.1) is 12.2 Å². The predicted octanol–water partition coefficient (Wildman–Crippen LogP) is 2.55. The molecule has 0 aromatic heterocycles. The average Bonchev–Trinajstić information content (AvgIpc) is 2.62. The van der Waals surface area contributed by atoms with Crippen LogP contribution in [0.5, 0.6) is 0 Å². The van der Waals surface area contributed by atoms with Gasteiger partial charge in [-0.3, -0.25) is 10.1 Å². The lowest BCUT2D eigenvalue weighted by Crippen LogP contribution is -2.49. The summed E-state index contributed by atoms with van der Waals surface area (Å²) in [4.78, 5) is 17.1. The standard InChI is InChI=1S/C17H35N3O/c1-8-15-17(21)20(16(18-15)10-13(4)5)14(9-12(2)3)11-19(6)7/h12-16,18H,8-11H2,1-7H3. The van der Waals surface area contributed by atoms with E-state index in [0.717, 1.165) is 25.8 Å². The predicted molar refractivity (Wildman–Crippen MR) is 89.1 cm³/mol. The number of carbonyl (C=O) groups excluding carboxylic acids is 1. The van der Waals surface area contributed by atoms with Crippen LogP contribution in [0.4, 0.5) is 0 Å². The van der Waals surface area contributed by atoms with Crippen LogP contribution in [0.3, 0.4) is 0 Å². The summed E-state index contributed by atoms with van der Waals surface area (Å²) in [5, 5.41) is 3.56. The van der Waals surface area contributed by atoms with E-state index in [9.17, 15) is 4.79 Å². The third-order valence-corrected chi connectivity index (χ3v) is 4.10. The molecule has 0 aliphatic carbocycles. The molecular weight excluding hydrogens is 262 g/mol. The average molecular weight is 297 g/mol. The minimum absolute atomic E-state index is 0.00516. The van der Waals surface area contributed by atoms with Crippen LogP contribution in [-0.2, 0) is 4.79 Å². The molecule has 1 fully saturated rings. The quantitative estimate of drug-likeness (QED) is 0.748. The molecule has 3 unspecified atom stereocenters. The molecule has 0 aromatic carbocycles. The van der Waals surface area contributed by atoms with Crippen LogP contribution in [0.25, 0.3) is 0 Å². The summed E-state index contributed by atoms with van der Waals surface area (Å²) >= 11 is 0. The highest BCUT2D eigenvalue weighted by molar-refractivity contribution is 5.84. The number of nitrogens with one attached hydrogen (secondary N) is 1. The first-order valence-electron chi connectivity index (χ1n) is 8.49. The van der Waals surface area contributed by atoms with Gasteiger partial charge in [0.2, 0.25) is 5.91 Å². The Hall–Kier alpha value is -0.610. The normalized spacial score (nSPS) is 24.7. The Labute approximate surface area is 131 Å². The molecule has 3 atom stereocenters. The summed E-state index contributed by atoms with van der Waals surface area (Å²) in [5.41, 5.74) is 0. The number of carbonyl (C=O) groups is 1. The third kappa shape index (κ3) is 5.26. The van der Waals surface area contributed by atoms with Crippen LogP contribution in [0, 0.1) is 11.8 Å². The lowest BCUT2D eigenvalue weighted by atomic mass is 10.00. The van der Waals surface area contributed by atoms with E-state index >= 15 is 0 Å². The molecule has 0 spiro atoms. The van der Waals surface area contributed by atoms with E-state index < -0.39 is 0 Å². The molecule has 4 heteroatoms. The second-order valence-electron chi connectivity index (χ2n) is 7.56. The molecule has 1 aliphatic heterocycles. The fraction of sp³-hybridized carbons (Fsp3) is 0.941. The molecule has 0 bridgehead atoms. The first kappa shape index (κ1) is 18.4. The maximum atomic E-state index is 12.8. The van der Waals surface area contributed by atoms with Crippen molar-refractivity contribution < 1.29 is 4.79 Å². The van der Waals surface area contributed by atoms with Crippen molar-refractivity contribution >= 4 is 5.91 Å². The Morgan fingerprint density at radius 3 is 2.24 bits per heavy atom. The summed E-state index contributed by atoms with van der Waals surface area (Å²) < 4.78 is 0. The first-order chi connectivity index (χ1) is 9.76. The topological polar surface area (TPSA) is 35.6 Å². The SMILES string of the molecule is CCC1NC(CC(C)C)N(C(CC(C)C)CN(C)C)C1=O. The summed E-state index contributed by atoms with van der Waals surface area (Å²) in [6, 6.07) is 0.311. The Bertz CT molecular complexity index is 318. The van der Waals surface area contributed by atoms with Gasteiger partial charge in [0.15, 0.2) is 0 Å². The Kier molecular flexibility index (Phi) is 7.14. The smallest absolute Gasteiger partial charge is 0.241 e. The highest BCUT2D eigenvalue weighted by Gasteiger charge is 2.41. The molecule has 1 amide bonds. The van der Waals surface area contributed by atoms with Crippen LogP contribution in [0.15, 0.2) is 0 Å². The monoisotopic (exact) mass is 297 g/mol. The fourth-order valence-corrected chi connectivity index (χ4v) is 3.31. The zero-order chi connectivity index (χ0) is 16.2. The number of amides is 1. The van der Waals surface area contributed by atoms with Crippen molar-refractivity contribution in [2.75, 3.05) is 20.6 Å². The maximum Gasteiger partial charge on any atom is 0.241 e. The van der Waals surface area contributed by atoms with Gasteiger partial charge in [-0.2, -0.15) is 0 Å². The minimum atomic E-state index is 0.00516. The molecular formula is C17H35N3O. The van der Waals surface area contributed by atoms with Crippen LogP contribution >= 0.6 is 0 Å². The van der Waals surface area contributed by atoms with Gasteiger partial charge in [0, 0.05) is 12.6 Å². The van der Waals surface area contributed by atoms with Crippen molar-refractivity contribution in [2.24, 2.45) is 11.8 Å². The minimum Gasteiger partial charge on any atom is -0.322 e. The summed E-state index contributed by atoms with van der Waals surface area (Å²) in [6.45, 7) is 12.0. The zero-order valence-electron chi connectivity index (χ0n) is 15.0. The molecule has 0 radical (unpaired) electrons. The molecule has 1 heterocycles. The van der Waals surface area contributed by atoms with E-state index in [1.54, 1.807) is 0 Å². The summed E-state index contributed by atoms with van der Waals surface area (Å²) in [6.07, 6.45) is 3.17. The Morgan fingerprint density at radius 1 is 1.19 bits per heavy atom. The summed E-state index contributed by atoms with van der Waals surface area (Å²) in [7, 11) is 4.19. The van der Waals surface area contributed by atoms with Gasteiger partial charge in [0.25, 0.3) is 0 Å². The van der Waals surface area contributed by atoms with Gasteiger partial charge in [-0.15, -0.1) is 0 Å². The van der Waals surface area contributed by atoms with Gasteiger partial charge in [0.1, 0.15) is 0 Å². The van der Waals surface area contributed by atoms with Crippen LogP contribution < -0.4 is 5.32 Å². The van der Waals surface area contributed by atoms with Crippen LogP contribution in [-0.4, -0.2) is 54.6 Å². The van der Waals surface area contributed by atoms with Gasteiger partial charge in [-0.1, -0.05) is 34.6 Å². The highest BCUT2D eigenvalue weighted by Crippen LogP contribution is 2.25. The van der Waals surface area contributed by atoms with Crippen LogP contribution in [0.1, 0.15) is 53.9 Å². The van der Waals surface area contributed by atoms with Gasteiger partial charge in [-0.25, -0.2) is 0 Å². The Balaban J connectivity index is 2.94. The lowest BCUT2D eigenvalue weighted by Gasteiger charge is -2.36. The number of hydrogen-bond acceptors (Lipinski definition) is 3. The van der Waals surface area contributed by atoms with Crippen molar-refractivity contribution in [1.29, 1.82) is 0 Å².